The van der Waals surface area contributed by atoms with Crippen molar-refractivity contribution in [3.8, 4) is 0 Å². The minimum absolute atomic E-state index is 0. The van der Waals surface area contributed by atoms with Crippen LogP contribution in [0, 0.1) is 0 Å². The highest BCUT2D eigenvalue weighted by atomic mass is 35.5. The van der Waals surface area contributed by atoms with E-state index in [0.29, 0.717) is 6.54 Å². The van der Waals surface area contributed by atoms with E-state index < -0.39 is 0 Å². The van der Waals surface area contributed by atoms with Gasteiger partial charge in [-0.15, -0.1) is 12.4 Å². The molecule has 1 aliphatic rings. The number of likely N-dealkylation sites (N-methyl/N-ethyl adjacent to an activating group) is 1. The van der Waals surface area contributed by atoms with Crippen LogP contribution in [-0.4, -0.2) is 60.0 Å². The van der Waals surface area contributed by atoms with Crippen molar-refractivity contribution < 1.29 is 4.79 Å². The second-order valence-electron chi connectivity index (χ2n) is 5.04. The minimum Gasteiger partial charge on any atom is -0.342 e. The van der Waals surface area contributed by atoms with Gasteiger partial charge in [0.15, 0.2) is 0 Å². The Kier molecular flexibility index (Phi) is 7.64. The Bertz CT molecular complexity index is 425. The first-order valence-corrected chi connectivity index (χ1v) is 7.38. The lowest BCUT2D eigenvalue weighted by molar-refractivity contribution is -0.132. The fourth-order valence-electron chi connectivity index (χ4n) is 2.69. The van der Waals surface area contributed by atoms with Gasteiger partial charge in [0.25, 0.3) is 0 Å². The normalized spacial score (nSPS) is 18.9. The van der Waals surface area contributed by atoms with E-state index in [0.717, 1.165) is 32.7 Å². The maximum absolute atomic E-state index is 12.3. The predicted molar refractivity (Wildman–Crippen MR) is 86.6 cm³/mol. The molecular formula is C15H25ClN4O. The summed E-state index contributed by atoms with van der Waals surface area (Å²) in [5.41, 5.74) is 1.17. The van der Waals surface area contributed by atoms with E-state index in [2.05, 4.69) is 21.3 Å². The largest absolute Gasteiger partial charge is 0.342 e. The molecule has 1 atom stereocenters. The molecule has 0 spiro atoms. The van der Waals surface area contributed by atoms with Gasteiger partial charge in [-0.1, -0.05) is 6.07 Å². The van der Waals surface area contributed by atoms with Crippen molar-refractivity contribution in [2.75, 3.05) is 39.3 Å². The molecule has 1 saturated heterocycles. The van der Waals surface area contributed by atoms with Gasteiger partial charge in [-0.25, -0.2) is 0 Å². The van der Waals surface area contributed by atoms with Gasteiger partial charge in [0.1, 0.15) is 0 Å². The molecule has 21 heavy (non-hydrogen) atoms. The monoisotopic (exact) mass is 312 g/mol. The van der Waals surface area contributed by atoms with E-state index in [1.165, 1.54) is 5.56 Å². The van der Waals surface area contributed by atoms with Crippen molar-refractivity contribution in [2.24, 2.45) is 0 Å². The lowest BCUT2D eigenvalue weighted by Crippen LogP contribution is -2.50. The summed E-state index contributed by atoms with van der Waals surface area (Å²) in [6.07, 6.45) is 3.68. The number of piperazine rings is 1. The molecule has 0 radical (unpaired) electrons. The summed E-state index contributed by atoms with van der Waals surface area (Å²) in [5.74, 6) is 0.214. The summed E-state index contributed by atoms with van der Waals surface area (Å²) in [6, 6.07) is 4.27. The molecule has 2 heterocycles. The molecule has 118 valence electrons. The minimum atomic E-state index is 0. The average Bonchev–Trinajstić information content (AvgIpc) is 2.50. The summed E-state index contributed by atoms with van der Waals surface area (Å²) in [7, 11) is 0. The summed E-state index contributed by atoms with van der Waals surface area (Å²) in [6.45, 7) is 8.79. The number of pyridine rings is 1. The van der Waals surface area contributed by atoms with Crippen molar-refractivity contribution in [3.63, 3.8) is 0 Å². The van der Waals surface area contributed by atoms with Crippen LogP contribution >= 0.6 is 12.4 Å². The number of aromatic nitrogens is 1. The number of carbonyl (C=O) groups is 1. The van der Waals surface area contributed by atoms with Crippen LogP contribution in [0.1, 0.15) is 25.5 Å². The smallest absolute Gasteiger partial charge is 0.236 e. The van der Waals surface area contributed by atoms with E-state index in [4.69, 9.17) is 0 Å². The zero-order chi connectivity index (χ0) is 14.4. The van der Waals surface area contributed by atoms with Crippen LogP contribution in [0.4, 0.5) is 0 Å². The van der Waals surface area contributed by atoms with Crippen LogP contribution in [0.5, 0.6) is 0 Å². The lowest BCUT2D eigenvalue weighted by Gasteiger charge is -2.36. The third-order valence-electron chi connectivity index (χ3n) is 3.88. The third-order valence-corrected chi connectivity index (χ3v) is 3.88. The predicted octanol–water partition coefficient (Wildman–Crippen LogP) is 1.32. The molecule has 1 amide bonds. The fraction of sp³-hybridized carbons (Fsp3) is 0.600. The Hall–Kier alpha value is -1.17. The summed E-state index contributed by atoms with van der Waals surface area (Å²) < 4.78 is 0. The second-order valence-corrected chi connectivity index (χ2v) is 5.04. The lowest BCUT2D eigenvalue weighted by atomic mass is 10.1. The maximum Gasteiger partial charge on any atom is 0.236 e. The SMILES string of the molecule is CCN(CC)C(=O)CN1CCNCC1c1cccnc1.Cl. The van der Waals surface area contributed by atoms with Gasteiger partial charge in [0.05, 0.1) is 6.54 Å². The molecule has 5 nitrogen and oxygen atoms in total. The molecule has 1 N–H and O–H groups in total. The van der Waals surface area contributed by atoms with E-state index in [9.17, 15) is 4.79 Å². The molecule has 1 aromatic rings. The van der Waals surface area contributed by atoms with Crippen molar-refractivity contribution >= 4 is 18.3 Å². The Morgan fingerprint density at radius 3 is 2.86 bits per heavy atom. The Morgan fingerprint density at radius 1 is 1.48 bits per heavy atom. The molecule has 0 bridgehead atoms. The van der Waals surface area contributed by atoms with Crippen LogP contribution in [0.3, 0.4) is 0 Å². The number of rotatable bonds is 5. The maximum atomic E-state index is 12.3. The third kappa shape index (κ3) is 4.66. The fourth-order valence-corrected chi connectivity index (χ4v) is 2.69. The second kappa shape index (κ2) is 8.97. The highest BCUT2D eigenvalue weighted by Gasteiger charge is 2.26. The van der Waals surface area contributed by atoms with E-state index >= 15 is 0 Å². The number of carbonyl (C=O) groups excluding carboxylic acids is 1. The highest BCUT2D eigenvalue weighted by Crippen LogP contribution is 2.21. The summed E-state index contributed by atoms with van der Waals surface area (Å²) >= 11 is 0. The van der Waals surface area contributed by atoms with Gasteiger partial charge in [-0.2, -0.15) is 0 Å². The molecule has 1 aliphatic heterocycles. The molecule has 0 aromatic carbocycles. The summed E-state index contributed by atoms with van der Waals surface area (Å²) in [4.78, 5) is 20.6. The Morgan fingerprint density at radius 2 is 2.24 bits per heavy atom. The zero-order valence-electron chi connectivity index (χ0n) is 12.8. The van der Waals surface area contributed by atoms with E-state index in [-0.39, 0.29) is 24.4 Å². The molecule has 1 unspecified atom stereocenters. The zero-order valence-corrected chi connectivity index (χ0v) is 13.6. The van der Waals surface area contributed by atoms with Crippen LogP contribution in [0.25, 0.3) is 0 Å². The number of halogens is 1. The molecule has 0 saturated carbocycles. The first-order chi connectivity index (χ1) is 9.76. The van der Waals surface area contributed by atoms with Crippen LogP contribution in [0.15, 0.2) is 24.5 Å². The highest BCUT2D eigenvalue weighted by molar-refractivity contribution is 5.85. The van der Waals surface area contributed by atoms with Gasteiger partial charge in [-0.3, -0.25) is 14.7 Å². The molecule has 6 heteroatoms. The molecule has 0 aliphatic carbocycles. The van der Waals surface area contributed by atoms with Gasteiger partial charge in [-0.05, 0) is 25.5 Å². The topological polar surface area (TPSA) is 48.5 Å². The van der Waals surface area contributed by atoms with Gasteiger partial charge >= 0.3 is 0 Å². The van der Waals surface area contributed by atoms with Crippen LogP contribution < -0.4 is 5.32 Å². The quantitative estimate of drug-likeness (QED) is 0.891. The first kappa shape index (κ1) is 17.9. The van der Waals surface area contributed by atoms with Crippen molar-refractivity contribution in [1.82, 2.24) is 20.1 Å². The number of nitrogens with zero attached hydrogens (tertiary/aromatic N) is 3. The molecule has 2 rings (SSSR count). The van der Waals surface area contributed by atoms with Gasteiger partial charge in [0.2, 0.25) is 5.91 Å². The van der Waals surface area contributed by atoms with Crippen molar-refractivity contribution in [2.45, 2.75) is 19.9 Å². The summed E-state index contributed by atoms with van der Waals surface area (Å²) in [5, 5.41) is 3.40. The first-order valence-electron chi connectivity index (χ1n) is 7.38. The Labute approximate surface area is 133 Å². The molecule has 1 fully saturated rings. The van der Waals surface area contributed by atoms with E-state index in [1.807, 2.05) is 31.0 Å². The van der Waals surface area contributed by atoms with E-state index in [1.54, 1.807) is 6.20 Å². The number of hydrogen-bond acceptors (Lipinski definition) is 4. The molecular weight excluding hydrogens is 288 g/mol. The van der Waals surface area contributed by atoms with Crippen LogP contribution in [0.2, 0.25) is 0 Å². The van der Waals surface area contributed by atoms with Gasteiger partial charge in [0, 0.05) is 51.2 Å². The van der Waals surface area contributed by atoms with Gasteiger partial charge < -0.3 is 10.2 Å². The number of nitrogens with one attached hydrogen (secondary N) is 1. The standard InChI is InChI=1S/C15H24N4O.ClH/c1-3-18(4-2)15(20)12-19-9-8-17-11-14(19)13-6-5-7-16-10-13;/h5-7,10,14,17H,3-4,8-9,11-12H2,1-2H3;1H. The number of hydrogen-bond donors (Lipinski definition) is 1. The Balaban J connectivity index is 0.00000220. The average molecular weight is 313 g/mol. The van der Waals surface area contributed by atoms with Crippen LogP contribution in [-0.2, 0) is 4.79 Å². The number of amides is 1. The molecule has 1 aromatic heterocycles. The van der Waals surface area contributed by atoms with Crippen molar-refractivity contribution in [1.29, 1.82) is 0 Å². The van der Waals surface area contributed by atoms with Crippen molar-refractivity contribution in [3.05, 3.63) is 30.1 Å².